The van der Waals surface area contributed by atoms with Crippen LogP contribution in [0.3, 0.4) is 0 Å². The summed E-state index contributed by atoms with van der Waals surface area (Å²) in [4.78, 5) is 3.27. The van der Waals surface area contributed by atoms with Crippen LogP contribution in [0.25, 0.3) is 10.9 Å². The van der Waals surface area contributed by atoms with E-state index < -0.39 is 10.0 Å². The molecule has 1 fully saturated rings. The zero-order valence-corrected chi connectivity index (χ0v) is 12.2. The second kappa shape index (κ2) is 4.79. The quantitative estimate of drug-likeness (QED) is 0.758. The van der Waals surface area contributed by atoms with Gasteiger partial charge in [0.2, 0.25) is 10.0 Å². The Morgan fingerprint density at radius 2 is 2.15 bits per heavy atom. The van der Waals surface area contributed by atoms with Crippen LogP contribution < -0.4 is 10.5 Å². The molecule has 1 aliphatic rings. The molecule has 3 rings (SSSR count). The molecule has 108 valence electrons. The molecule has 6 heteroatoms. The molecule has 1 aromatic heterocycles. The Morgan fingerprint density at radius 1 is 1.35 bits per heavy atom. The van der Waals surface area contributed by atoms with Gasteiger partial charge < -0.3 is 10.7 Å². The first-order valence-electron chi connectivity index (χ1n) is 6.86. The summed E-state index contributed by atoms with van der Waals surface area (Å²) in [6.07, 6.45) is 4.61. The van der Waals surface area contributed by atoms with Crippen molar-refractivity contribution in [2.75, 3.05) is 5.73 Å². The van der Waals surface area contributed by atoms with Crippen LogP contribution in [0.2, 0.25) is 0 Å². The van der Waals surface area contributed by atoms with E-state index >= 15 is 0 Å². The number of aromatic amines is 1. The van der Waals surface area contributed by atoms with E-state index in [2.05, 4.69) is 16.6 Å². The molecule has 20 heavy (non-hydrogen) atoms. The summed E-state index contributed by atoms with van der Waals surface area (Å²) >= 11 is 0. The molecule has 1 saturated carbocycles. The molecule has 0 bridgehead atoms. The number of aromatic nitrogens is 1. The molecule has 5 nitrogen and oxygen atoms in total. The van der Waals surface area contributed by atoms with Gasteiger partial charge in [-0.3, -0.25) is 0 Å². The van der Waals surface area contributed by atoms with Gasteiger partial charge in [-0.1, -0.05) is 13.3 Å². The number of nitrogens with one attached hydrogen (secondary N) is 2. The van der Waals surface area contributed by atoms with E-state index in [1.807, 2.05) is 0 Å². The molecule has 4 N–H and O–H groups in total. The molecular formula is C14H19N3O2S. The average Bonchev–Trinajstić information content (AvgIpc) is 2.96. The molecule has 0 saturated heterocycles. The minimum absolute atomic E-state index is 0.0405. The van der Waals surface area contributed by atoms with E-state index in [9.17, 15) is 8.42 Å². The van der Waals surface area contributed by atoms with Gasteiger partial charge in [0, 0.05) is 28.8 Å². The molecule has 2 unspecified atom stereocenters. The Hall–Kier alpha value is -1.53. The number of sulfonamides is 1. The lowest BCUT2D eigenvalue weighted by molar-refractivity contribution is 0.477. The monoisotopic (exact) mass is 293 g/mol. The van der Waals surface area contributed by atoms with Gasteiger partial charge in [0.15, 0.2) is 0 Å². The maximum absolute atomic E-state index is 12.5. The van der Waals surface area contributed by atoms with Gasteiger partial charge in [-0.05, 0) is 37.0 Å². The molecule has 0 aliphatic heterocycles. The second-order valence-corrected chi connectivity index (χ2v) is 7.28. The van der Waals surface area contributed by atoms with Gasteiger partial charge in [-0.15, -0.1) is 0 Å². The molecule has 0 radical (unpaired) electrons. The number of hydrogen-bond donors (Lipinski definition) is 3. The summed E-state index contributed by atoms with van der Waals surface area (Å²) < 4.78 is 27.9. The molecule has 2 aromatic rings. The lowest BCUT2D eigenvalue weighted by Gasteiger charge is -2.16. The first kappa shape index (κ1) is 13.5. The number of H-pyrrole nitrogens is 1. The summed E-state index contributed by atoms with van der Waals surface area (Å²) in [5.74, 6) is 0.394. The maximum Gasteiger partial charge on any atom is 0.242 e. The van der Waals surface area contributed by atoms with Crippen molar-refractivity contribution in [2.24, 2.45) is 5.92 Å². The van der Waals surface area contributed by atoms with Gasteiger partial charge in [-0.25, -0.2) is 13.1 Å². The standard InChI is InChI=1S/C14H19N3O2S/c1-9-3-2-4-12(9)17-20(18,19)14-8-16-13-7-10(15)5-6-11(13)14/h5-9,12,16-17H,2-4,15H2,1H3. The van der Waals surface area contributed by atoms with E-state index in [1.54, 1.807) is 18.2 Å². The van der Waals surface area contributed by atoms with Crippen LogP contribution in [0.5, 0.6) is 0 Å². The molecule has 1 aromatic carbocycles. The summed E-state index contributed by atoms with van der Waals surface area (Å²) in [6, 6.07) is 5.24. The van der Waals surface area contributed by atoms with Crippen molar-refractivity contribution >= 4 is 26.6 Å². The van der Waals surface area contributed by atoms with Crippen molar-refractivity contribution in [1.29, 1.82) is 0 Å². The largest absolute Gasteiger partial charge is 0.399 e. The fourth-order valence-corrected chi connectivity index (χ4v) is 4.48. The van der Waals surface area contributed by atoms with Crippen molar-refractivity contribution in [3.8, 4) is 0 Å². The van der Waals surface area contributed by atoms with Gasteiger partial charge in [-0.2, -0.15) is 0 Å². The van der Waals surface area contributed by atoms with Crippen LogP contribution in [-0.2, 0) is 10.0 Å². The predicted octanol–water partition coefficient (Wildman–Crippen LogP) is 2.22. The van der Waals surface area contributed by atoms with Gasteiger partial charge in [0.05, 0.1) is 0 Å². The summed E-state index contributed by atoms with van der Waals surface area (Å²) in [6.45, 7) is 2.09. The number of rotatable bonds is 3. The highest BCUT2D eigenvalue weighted by Crippen LogP contribution is 2.29. The minimum Gasteiger partial charge on any atom is -0.399 e. The highest BCUT2D eigenvalue weighted by molar-refractivity contribution is 7.89. The molecular weight excluding hydrogens is 274 g/mol. The zero-order valence-electron chi connectivity index (χ0n) is 11.4. The predicted molar refractivity (Wildman–Crippen MR) is 79.8 cm³/mol. The Bertz CT molecular complexity index is 736. The van der Waals surface area contributed by atoms with Crippen molar-refractivity contribution in [2.45, 2.75) is 37.1 Å². The first-order valence-corrected chi connectivity index (χ1v) is 8.34. The van der Waals surface area contributed by atoms with Crippen molar-refractivity contribution in [3.05, 3.63) is 24.4 Å². The van der Waals surface area contributed by atoms with E-state index in [1.165, 1.54) is 6.20 Å². The molecule has 1 heterocycles. The van der Waals surface area contributed by atoms with E-state index in [0.29, 0.717) is 21.9 Å². The van der Waals surface area contributed by atoms with Gasteiger partial charge >= 0.3 is 0 Å². The molecule has 0 spiro atoms. The molecule has 0 amide bonds. The Balaban J connectivity index is 1.97. The second-order valence-electron chi connectivity index (χ2n) is 5.59. The first-order chi connectivity index (χ1) is 9.47. The van der Waals surface area contributed by atoms with Crippen LogP contribution in [0.4, 0.5) is 5.69 Å². The van der Waals surface area contributed by atoms with E-state index in [4.69, 9.17) is 5.73 Å². The fraction of sp³-hybridized carbons (Fsp3) is 0.429. The number of nitrogen functional groups attached to an aromatic ring is 1. The van der Waals surface area contributed by atoms with Crippen LogP contribution in [-0.4, -0.2) is 19.4 Å². The minimum atomic E-state index is -3.49. The topological polar surface area (TPSA) is 88.0 Å². The summed E-state index contributed by atoms with van der Waals surface area (Å²) in [7, 11) is -3.49. The SMILES string of the molecule is CC1CCCC1NS(=O)(=O)c1c[nH]c2cc(N)ccc12. The Kier molecular flexibility index (Phi) is 3.22. The molecule has 1 aliphatic carbocycles. The van der Waals surface area contributed by atoms with Crippen LogP contribution >= 0.6 is 0 Å². The molecule has 2 atom stereocenters. The van der Waals surface area contributed by atoms with E-state index in [-0.39, 0.29) is 6.04 Å². The maximum atomic E-state index is 12.5. The number of fused-ring (bicyclic) bond motifs is 1. The lowest BCUT2D eigenvalue weighted by Crippen LogP contribution is -2.36. The number of nitrogens with two attached hydrogens (primary N) is 1. The average molecular weight is 293 g/mol. The van der Waals surface area contributed by atoms with Gasteiger partial charge in [0.25, 0.3) is 0 Å². The van der Waals surface area contributed by atoms with Crippen molar-refractivity contribution in [1.82, 2.24) is 9.71 Å². The smallest absolute Gasteiger partial charge is 0.242 e. The zero-order chi connectivity index (χ0) is 14.3. The van der Waals surface area contributed by atoms with Crippen LogP contribution in [0.1, 0.15) is 26.2 Å². The third kappa shape index (κ3) is 2.29. The van der Waals surface area contributed by atoms with Crippen molar-refractivity contribution in [3.63, 3.8) is 0 Å². The van der Waals surface area contributed by atoms with Crippen LogP contribution in [0.15, 0.2) is 29.3 Å². The normalized spacial score (nSPS) is 23.4. The highest BCUT2D eigenvalue weighted by Gasteiger charge is 2.29. The Labute approximate surface area is 118 Å². The van der Waals surface area contributed by atoms with E-state index in [0.717, 1.165) is 24.8 Å². The number of hydrogen-bond acceptors (Lipinski definition) is 3. The van der Waals surface area contributed by atoms with Crippen LogP contribution in [0, 0.1) is 5.92 Å². The van der Waals surface area contributed by atoms with Gasteiger partial charge in [0.1, 0.15) is 4.90 Å². The number of benzene rings is 1. The summed E-state index contributed by atoms with van der Waals surface area (Å²) in [5.41, 5.74) is 7.06. The lowest BCUT2D eigenvalue weighted by atomic mass is 10.1. The third-order valence-electron chi connectivity index (χ3n) is 4.13. The number of anilines is 1. The summed E-state index contributed by atoms with van der Waals surface area (Å²) in [5, 5.41) is 0.678. The third-order valence-corrected chi connectivity index (χ3v) is 5.66. The van der Waals surface area contributed by atoms with Crippen molar-refractivity contribution < 1.29 is 8.42 Å². The highest BCUT2D eigenvalue weighted by atomic mass is 32.2. The Morgan fingerprint density at radius 3 is 2.85 bits per heavy atom. The fourth-order valence-electron chi connectivity index (χ4n) is 2.92.